The molecule has 2 nitrogen and oxygen atoms in total. The largest absolute Gasteiger partial charge is 0.330 e. The average molecular weight is 241 g/mol. The molecule has 1 unspecified atom stereocenters. The molecule has 1 aliphatic rings. The fraction of sp³-hybridized carbons (Fsp3) is 0.500. The van der Waals surface area contributed by atoms with E-state index in [1.54, 1.807) is 0 Å². The van der Waals surface area contributed by atoms with Gasteiger partial charge in [-0.05, 0) is 30.9 Å². The van der Waals surface area contributed by atoms with E-state index >= 15 is 0 Å². The van der Waals surface area contributed by atoms with Gasteiger partial charge in [-0.2, -0.15) is 0 Å². The molecule has 0 amide bonds. The monoisotopic (exact) mass is 240 g/mol. The van der Waals surface area contributed by atoms with E-state index in [4.69, 9.17) is 5.73 Å². The fourth-order valence-electron chi connectivity index (χ4n) is 1.68. The molecule has 70 valence electrons. The highest BCUT2D eigenvalue weighted by Gasteiger charge is 2.31. The number of nitrogens with two attached hydrogens (primary N) is 1. The van der Waals surface area contributed by atoms with E-state index < -0.39 is 0 Å². The minimum atomic E-state index is 0.470. The van der Waals surface area contributed by atoms with Crippen LogP contribution in [-0.2, 0) is 0 Å². The Morgan fingerprint density at radius 3 is 2.92 bits per heavy atom. The van der Waals surface area contributed by atoms with Gasteiger partial charge in [0.1, 0.15) is 0 Å². The van der Waals surface area contributed by atoms with Crippen LogP contribution in [0.1, 0.15) is 24.5 Å². The summed E-state index contributed by atoms with van der Waals surface area (Å²) in [6.45, 7) is 0.716. The highest BCUT2D eigenvalue weighted by atomic mass is 79.9. The van der Waals surface area contributed by atoms with Gasteiger partial charge in [-0.3, -0.25) is 4.98 Å². The minimum absolute atomic E-state index is 0.470. The van der Waals surface area contributed by atoms with Gasteiger partial charge in [0.2, 0.25) is 0 Å². The Kier molecular flexibility index (Phi) is 2.65. The molecule has 1 fully saturated rings. The zero-order valence-electron chi connectivity index (χ0n) is 7.41. The first-order chi connectivity index (χ1) is 6.31. The van der Waals surface area contributed by atoms with Gasteiger partial charge in [0.15, 0.2) is 0 Å². The van der Waals surface area contributed by atoms with Crippen LogP contribution in [0.4, 0.5) is 0 Å². The molecule has 0 radical (unpaired) electrons. The molecule has 2 N–H and O–H groups in total. The summed E-state index contributed by atoms with van der Waals surface area (Å²) < 4.78 is 1.09. The second-order valence-electron chi connectivity index (χ2n) is 3.58. The third kappa shape index (κ3) is 2.09. The lowest BCUT2D eigenvalue weighted by Gasteiger charge is -2.12. The second-order valence-corrected chi connectivity index (χ2v) is 4.49. The van der Waals surface area contributed by atoms with Crippen LogP contribution in [0.5, 0.6) is 0 Å². The molecule has 0 spiro atoms. The zero-order valence-corrected chi connectivity index (χ0v) is 9.00. The van der Waals surface area contributed by atoms with Gasteiger partial charge in [-0.15, -0.1) is 0 Å². The van der Waals surface area contributed by atoms with Crippen molar-refractivity contribution in [1.29, 1.82) is 0 Å². The number of hydrogen-bond acceptors (Lipinski definition) is 2. The first-order valence-corrected chi connectivity index (χ1v) is 5.42. The molecule has 1 aliphatic carbocycles. The zero-order chi connectivity index (χ0) is 9.26. The number of pyridine rings is 1. The SMILES string of the molecule is NCC(c1cc(Br)ccn1)C1CC1. The summed E-state index contributed by atoms with van der Waals surface area (Å²) in [5, 5.41) is 0. The van der Waals surface area contributed by atoms with E-state index in [0.717, 1.165) is 16.1 Å². The molecule has 0 aromatic carbocycles. The minimum Gasteiger partial charge on any atom is -0.330 e. The Bertz CT molecular complexity index is 297. The first-order valence-electron chi connectivity index (χ1n) is 4.63. The third-order valence-electron chi connectivity index (χ3n) is 2.57. The highest BCUT2D eigenvalue weighted by molar-refractivity contribution is 9.10. The molecule has 1 saturated carbocycles. The van der Waals surface area contributed by atoms with Crippen LogP contribution < -0.4 is 5.73 Å². The lowest BCUT2D eigenvalue weighted by Crippen LogP contribution is -2.15. The summed E-state index contributed by atoms with van der Waals surface area (Å²) in [7, 11) is 0. The maximum atomic E-state index is 5.74. The lowest BCUT2D eigenvalue weighted by molar-refractivity contribution is 0.598. The summed E-state index contributed by atoms with van der Waals surface area (Å²) in [6, 6.07) is 4.03. The van der Waals surface area contributed by atoms with Crippen LogP contribution in [0, 0.1) is 5.92 Å². The molecule has 0 saturated heterocycles. The maximum Gasteiger partial charge on any atom is 0.0461 e. The van der Waals surface area contributed by atoms with Gasteiger partial charge in [0.25, 0.3) is 0 Å². The van der Waals surface area contributed by atoms with E-state index in [9.17, 15) is 0 Å². The van der Waals surface area contributed by atoms with Crippen LogP contribution in [0.25, 0.3) is 0 Å². The number of aromatic nitrogens is 1. The van der Waals surface area contributed by atoms with E-state index in [1.807, 2.05) is 12.3 Å². The van der Waals surface area contributed by atoms with Crippen LogP contribution in [0.3, 0.4) is 0 Å². The van der Waals surface area contributed by atoms with Gasteiger partial charge in [-0.25, -0.2) is 0 Å². The molecular formula is C10H13BrN2. The van der Waals surface area contributed by atoms with Crippen molar-refractivity contribution in [2.75, 3.05) is 6.54 Å². The van der Waals surface area contributed by atoms with E-state index in [1.165, 1.54) is 12.8 Å². The standard InChI is InChI=1S/C10H13BrN2/c11-8-3-4-13-10(5-8)9(6-12)7-1-2-7/h3-5,7,9H,1-2,6,12H2. The van der Waals surface area contributed by atoms with E-state index in [0.29, 0.717) is 12.5 Å². The summed E-state index contributed by atoms with van der Waals surface area (Å²) >= 11 is 3.45. The predicted molar refractivity (Wildman–Crippen MR) is 56.5 cm³/mol. The van der Waals surface area contributed by atoms with Crippen molar-refractivity contribution >= 4 is 15.9 Å². The summed E-state index contributed by atoms with van der Waals surface area (Å²) in [5.41, 5.74) is 6.88. The van der Waals surface area contributed by atoms with E-state index in [2.05, 4.69) is 27.0 Å². The van der Waals surface area contributed by atoms with E-state index in [-0.39, 0.29) is 0 Å². The van der Waals surface area contributed by atoms with Crippen molar-refractivity contribution in [3.8, 4) is 0 Å². The van der Waals surface area contributed by atoms with Crippen molar-refractivity contribution in [2.45, 2.75) is 18.8 Å². The van der Waals surface area contributed by atoms with Gasteiger partial charge in [0, 0.05) is 28.8 Å². The van der Waals surface area contributed by atoms with Gasteiger partial charge in [0.05, 0.1) is 0 Å². The molecule has 3 heteroatoms. The van der Waals surface area contributed by atoms with Crippen molar-refractivity contribution in [2.24, 2.45) is 11.7 Å². The Balaban J connectivity index is 2.21. The second kappa shape index (κ2) is 3.76. The highest BCUT2D eigenvalue weighted by Crippen LogP contribution is 2.41. The number of rotatable bonds is 3. The third-order valence-corrected chi connectivity index (χ3v) is 3.06. The van der Waals surface area contributed by atoms with Crippen LogP contribution in [0.2, 0.25) is 0 Å². The van der Waals surface area contributed by atoms with Crippen molar-refractivity contribution < 1.29 is 0 Å². The molecule has 0 aliphatic heterocycles. The first kappa shape index (κ1) is 9.16. The smallest absolute Gasteiger partial charge is 0.0461 e. The molecule has 1 aromatic heterocycles. The Morgan fingerprint density at radius 2 is 2.38 bits per heavy atom. The summed E-state index contributed by atoms with van der Waals surface area (Å²) in [5.74, 6) is 1.25. The van der Waals surface area contributed by atoms with Crippen LogP contribution in [0.15, 0.2) is 22.8 Å². The van der Waals surface area contributed by atoms with Crippen molar-refractivity contribution in [1.82, 2.24) is 4.98 Å². The summed E-state index contributed by atoms with van der Waals surface area (Å²) in [4.78, 5) is 4.36. The van der Waals surface area contributed by atoms with Crippen LogP contribution in [-0.4, -0.2) is 11.5 Å². The van der Waals surface area contributed by atoms with Crippen LogP contribution >= 0.6 is 15.9 Å². The van der Waals surface area contributed by atoms with Gasteiger partial charge < -0.3 is 5.73 Å². The number of halogens is 1. The average Bonchev–Trinajstić information content (AvgIpc) is 2.90. The van der Waals surface area contributed by atoms with Gasteiger partial charge >= 0.3 is 0 Å². The Labute approximate surface area is 86.7 Å². The molecule has 1 heterocycles. The van der Waals surface area contributed by atoms with Crippen molar-refractivity contribution in [3.63, 3.8) is 0 Å². The number of nitrogens with zero attached hydrogens (tertiary/aromatic N) is 1. The predicted octanol–water partition coefficient (Wildman–Crippen LogP) is 2.30. The quantitative estimate of drug-likeness (QED) is 0.881. The molecular weight excluding hydrogens is 228 g/mol. The van der Waals surface area contributed by atoms with Crippen molar-refractivity contribution in [3.05, 3.63) is 28.5 Å². The Hall–Kier alpha value is -0.410. The molecule has 1 aromatic rings. The topological polar surface area (TPSA) is 38.9 Å². The summed E-state index contributed by atoms with van der Waals surface area (Å²) in [6.07, 6.45) is 4.47. The molecule has 1 atom stereocenters. The fourth-order valence-corrected chi connectivity index (χ4v) is 2.03. The molecule has 2 rings (SSSR count). The maximum absolute atomic E-state index is 5.74. The normalized spacial score (nSPS) is 18.6. The lowest BCUT2D eigenvalue weighted by atomic mass is 9.99. The molecule has 0 bridgehead atoms. The van der Waals surface area contributed by atoms with Gasteiger partial charge in [-0.1, -0.05) is 15.9 Å². The Morgan fingerprint density at radius 1 is 1.62 bits per heavy atom. The number of hydrogen-bond donors (Lipinski definition) is 1. The molecule has 13 heavy (non-hydrogen) atoms.